The summed E-state index contributed by atoms with van der Waals surface area (Å²) in [5.74, 6) is 0.691. The van der Waals surface area contributed by atoms with Crippen LogP contribution < -0.4 is 5.32 Å². The Morgan fingerprint density at radius 1 is 1.30 bits per heavy atom. The minimum absolute atomic E-state index is 0.00319. The number of carbonyl (C=O) groups is 1. The molecular formula is C15H17Cl2N3OS2. The zero-order chi connectivity index (χ0) is 16.8. The zero-order valence-electron chi connectivity index (χ0n) is 12.8. The first-order valence-electron chi connectivity index (χ1n) is 7.24. The molecule has 1 N–H and O–H groups in total. The number of carbonyl (C=O) groups excluding carboxylic acids is 1. The predicted octanol–water partition coefficient (Wildman–Crippen LogP) is 5.51. The van der Waals surface area contributed by atoms with E-state index in [0.717, 1.165) is 22.7 Å². The minimum atomic E-state index is 0.00319. The van der Waals surface area contributed by atoms with Crippen molar-refractivity contribution in [1.29, 1.82) is 0 Å². The van der Waals surface area contributed by atoms with Crippen LogP contribution in [0.5, 0.6) is 0 Å². The monoisotopic (exact) mass is 389 g/mol. The average Bonchev–Trinajstić information content (AvgIpc) is 2.95. The lowest BCUT2D eigenvalue weighted by molar-refractivity contribution is -0.120. The van der Waals surface area contributed by atoms with E-state index in [1.165, 1.54) is 23.1 Å². The molecule has 0 spiro atoms. The maximum absolute atomic E-state index is 12.0. The van der Waals surface area contributed by atoms with Gasteiger partial charge in [0.1, 0.15) is 0 Å². The molecule has 0 unspecified atom stereocenters. The fourth-order valence-corrected chi connectivity index (χ4v) is 4.28. The molecule has 1 aromatic carbocycles. The van der Waals surface area contributed by atoms with E-state index in [0.29, 0.717) is 20.9 Å². The molecule has 2 rings (SSSR count). The third-order valence-electron chi connectivity index (χ3n) is 3.36. The number of nitrogens with one attached hydrogen (secondary N) is 1. The number of rotatable bonds is 7. The van der Waals surface area contributed by atoms with Crippen LogP contribution in [0, 0.1) is 5.92 Å². The third kappa shape index (κ3) is 5.35. The van der Waals surface area contributed by atoms with Gasteiger partial charge in [-0.2, -0.15) is 0 Å². The molecule has 23 heavy (non-hydrogen) atoms. The van der Waals surface area contributed by atoms with E-state index in [-0.39, 0.29) is 11.8 Å². The van der Waals surface area contributed by atoms with E-state index in [4.69, 9.17) is 23.2 Å². The lowest BCUT2D eigenvalue weighted by Gasteiger charge is -2.09. The SMILES string of the molecule is CCC(CC)C(=O)Nc1nnc(SCc2ccc(Cl)cc2Cl)s1. The van der Waals surface area contributed by atoms with Crippen molar-refractivity contribution in [3.8, 4) is 0 Å². The van der Waals surface area contributed by atoms with Crippen LogP contribution in [-0.4, -0.2) is 16.1 Å². The standard InChI is InChI=1S/C15H17Cl2N3OS2/c1-3-9(4-2)13(21)18-14-19-20-15(23-14)22-8-10-5-6-11(16)7-12(10)17/h5-7,9H,3-4,8H2,1-2H3,(H,18,19,21). The highest BCUT2D eigenvalue weighted by Gasteiger charge is 2.16. The second-order valence-corrected chi connectivity index (χ2v) is 7.94. The smallest absolute Gasteiger partial charge is 0.229 e. The Bertz CT molecular complexity index is 674. The van der Waals surface area contributed by atoms with Crippen molar-refractivity contribution in [2.75, 3.05) is 5.32 Å². The lowest BCUT2D eigenvalue weighted by atomic mass is 10.0. The van der Waals surface area contributed by atoms with E-state index in [1.807, 2.05) is 26.0 Å². The summed E-state index contributed by atoms with van der Waals surface area (Å²) in [6.07, 6.45) is 1.63. The lowest BCUT2D eigenvalue weighted by Crippen LogP contribution is -2.21. The van der Waals surface area contributed by atoms with Crippen molar-refractivity contribution in [3.63, 3.8) is 0 Å². The summed E-state index contributed by atoms with van der Waals surface area (Å²) in [5.41, 5.74) is 0.985. The van der Waals surface area contributed by atoms with Crippen LogP contribution in [-0.2, 0) is 10.5 Å². The van der Waals surface area contributed by atoms with Gasteiger partial charge in [0.05, 0.1) is 0 Å². The Balaban J connectivity index is 1.93. The van der Waals surface area contributed by atoms with Gasteiger partial charge in [-0.3, -0.25) is 4.79 Å². The molecule has 2 aromatic rings. The first kappa shape index (κ1) is 18.5. The fraction of sp³-hybridized carbons (Fsp3) is 0.400. The maximum atomic E-state index is 12.0. The Labute approximate surface area is 154 Å². The first-order valence-corrected chi connectivity index (χ1v) is 9.80. The van der Waals surface area contributed by atoms with Crippen LogP contribution >= 0.6 is 46.3 Å². The quantitative estimate of drug-likeness (QED) is 0.500. The Hall–Kier alpha value is -0.820. The summed E-state index contributed by atoms with van der Waals surface area (Å²) >= 11 is 14.9. The largest absolute Gasteiger partial charge is 0.300 e. The highest BCUT2D eigenvalue weighted by atomic mass is 35.5. The van der Waals surface area contributed by atoms with Crippen LogP contribution in [0.1, 0.15) is 32.3 Å². The van der Waals surface area contributed by atoms with Crippen LogP contribution in [0.2, 0.25) is 10.0 Å². The molecule has 1 amide bonds. The van der Waals surface area contributed by atoms with Crippen molar-refractivity contribution >= 4 is 57.3 Å². The molecule has 124 valence electrons. The molecule has 0 aliphatic carbocycles. The van der Waals surface area contributed by atoms with Gasteiger partial charge in [0.25, 0.3) is 0 Å². The molecule has 0 bridgehead atoms. The van der Waals surface area contributed by atoms with Gasteiger partial charge in [-0.25, -0.2) is 0 Å². The predicted molar refractivity (Wildman–Crippen MR) is 98.6 cm³/mol. The molecule has 1 aromatic heterocycles. The topological polar surface area (TPSA) is 54.9 Å². The number of amides is 1. The van der Waals surface area contributed by atoms with Gasteiger partial charge < -0.3 is 5.32 Å². The number of anilines is 1. The van der Waals surface area contributed by atoms with Crippen molar-refractivity contribution in [3.05, 3.63) is 33.8 Å². The van der Waals surface area contributed by atoms with Crippen LogP contribution in [0.3, 0.4) is 0 Å². The Morgan fingerprint density at radius 2 is 2.04 bits per heavy atom. The second kappa shape index (κ2) is 8.87. The highest BCUT2D eigenvalue weighted by molar-refractivity contribution is 8.00. The molecule has 0 atom stereocenters. The molecule has 4 nitrogen and oxygen atoms in total. The van der Waals surface area contributed by atoms with Gasteiger partial charge in [-0.05, 0) is 30.5 Å². The van der Waals surface area contributed by atoms with E-state index >= 15 is 0 Å². The second-order valence-electron chi connectivity index (χ2n) is 4.90. The van der Waals surface area contributed by atoms with Crippen molar-refractivity contribution < 1.29 is 4.79 Å². The van der Waals surface area contributed by atoms with Crippen LogP contribution in [0.4, 0.5) is 5.13 Å². The molecule has 0 saturated heterocycles. The number of nitrogens with zero attached hydrogens (tertiary/aromatic N) is 2. The molecule has 1 heterocycles. The number of aromatic nitrogens is 2. The summed E-state index contributed by atoms with van der Waals surface area (Å²) in [7, 11) is 0. The number of benzene rings is 1. The molecular weight excluding hydrogens is 373 g/mol. The van der Waals surface area contributed by atoms with Crippen molar-refractivity contribution in [2.45, 2.75) is 36.8 Å². The molecule has 0 radical (unpaired) electrons. The molecule has 0 saturated carbocycles. The van der Waals surface area contributed by atoms with Crippen LogP contribution in [0.15, 0.2) is 22.5 Å². The van der Waals surface area contributed by atoms with E-state index in [1.54, 1.807) is 6.07 Å². The number of hydrogen-bond donors (Lipinski definition) is 1. The molecule has 0 aliphatic rings. The van der Waals surface area contributed by atoms with Crippen molar-refractivity contribution in [2.24, 2.45) is 5.92 Å². The summed E-state index contributed by atoms with van der Waals surface area (Å²) in [6.45, 7) is 4.01. The zero-order valence-corrected chi connectivity index (χ0v) is 16.0. The van der Waals surface area contributed by atoms with E-state index in [9.17, 15) is 4.79 Å². The first-order chi connectivity index (χ1) is 11.0. The number of thioether (sulfide) groups is 1. The Morgan fingerprint density at radius 3 is 2.70 bits per heavy atom. The summed E-state index contributed by atoms with van der Waals surface area (Å²) in [5, 5.41) is 12.7. The third-order valence-corrected chi connectivity index (χ3v) is 5.97. The number of halogens is 2. The number of hydrogen-bond acceptors (Lipinski definition) is 5. The summed E-state index contributed by atoms with van der Waals surface area (Å²) in [6, 6.07) is 5.43. The summed E-state index contributed by atoms with van der Waals surface area (Å²) < 4.78 is 0.788. The molecule has 0 aliphatic heterocycles. The van der Waals surface area contributed by atoms with Gasteiger partial charge in [0.2, 0.25) is 11.0 Å². The average molecular weight is 390 g/mol. The van der Waals surface area contributed by atoms with E-state index in [2.05, 4.69) is 15.5 Å². The molecule has 8 heteroatoms. The van der Waals surface area contributed by atoms with Crippen LogP contribution in [0.25, 0.3) is 0 Å². The van der Waals surface area contributed by atoms with Gasteiger partial charge >= 0.3 is 0 Å². The summed E-state index contributed by atoms with van der Waals surface area (Å²) in [4.78, 5) is 12.0. The van der Waals surface area contributed by atoms with Gasteiger partial charge in [-0.1, -0.05) is 66.2 Å². The molecule has 0 fully saturated rings. The van der Waals surface area contributed by atoms with Gasteiger partial charge in [0, 0.05) is 21.7 Å². The van der Waals surface area contributed by atoms with E-state index < -0.39 is 0 Å². The minimum Gasteiger partial charge on any atom is -0.300 e. The Kier molecular flexibility index (Phi) is 7.14. The normalized spacial score (nSPS) is 11.0. The highest BCUT2D eigenvalue weighted by Crippen LogP contribution is 2.31. The van der Waals surface area contributed by atoms with Gasteiger partial charge in [0.15, 0.2) is 4.34 Å². The van der Waals surface area contributed by atoms with Crippen molar-refractivity contribution in [1.82, 2.24) is 10.2 Å². The maximum Gasteiger partial charge on any atom is 0.229 e. The van der Waals surface area contributed by atoms with Gasteiger partial charge in [-0.15, -0.1) is 10.2 Å². The fourth-order valence-electron chi connectivity index (χ4n) is 1.96.